The minimum absolute atomic E-state index is 0.120. The summed E-state index contributed by atoms with van der Waals surface area (Å²) in [6.07, 6.45) is 6.75. The average molecular weight is 280 g/mol. The van der Waals surface area contributed by atoms with Crippen molar-refractivity contribution in [1.29, 1.82) is 0 Å². The van der Waals surface area contributed by atoms with Gasteiger partial charge in [-0.3, -0.25) is 14.9 Å². The van der Waals surface area contributed by atoms with E-state index < -0.39 is 0 Å². The monoisotopic (exact) mass is 280 g/mol. The molecule has 19 heavy (non-hydrogen) atoms. The topological polar surface area (TPSA) is 68.3 Å². The molecule has 1 aromatic heterocycles. The number of hydrogen-bond donors (Lipinski definition) is 1. The number of allylic oxidation sites excluding steroid dienone is 3. The van der Waals surface area contributed by atoms with Crippen LogP contribution < -0.4 is 5.32 Å². The minimum Gasteiger partial charge on any atom is -0.466 e. The van der Waals surface area contributed by atoms with Gasteiger partial charge < -0.3 is 4.74 Å². The van der Waals surface area contributed by atoms with Crippen LogP contribution in [0, 0.1) is 0 Å². The predicted octanol–water partition coefficient (Wildman–Crippen LogP) is 2.32. The highest BCUT2D eigenvalue weighted by atomic mass is 32.1. The molecule has 5 nitrogen and oxygen atoms in total. The number of aromatic nitrogens is 1. The Morgan fingerprint density at radius 1 is 1.47 bits per heavy atom. The summed E-state index contributed by atoms with van der Waals surface area (Å²) >= 11 is 1.27. The molecule has 0 radical (unpaired) electrons. The Morgan fingerprint density at radius 2 is 2.26 bits per heavy atom. The van der Waals surface area contributed by atoms with E-state index in [1.807, 2.05) is 13.0 Å². The SMILES string of the molecule is C/C=C/C=C/C(=O)Nc1nc(CC(=O)OCC)cs1. The lowest BCUT2D eigenvalue weighted by Gasteiger charge is -1.98. The van der Waals surface area contributed by atoms with Crippen LogP contribution in [-0.4, -0.2) is 23.5 Å². The molecule has 102 valence electrons. The van der Waals surface area contributed by atoms with Gasteiger partial charge in [-0.1, -0.05) is 18.2 Å². The Hall–Kier alpha value is -1.95. The van der Waals surface area contributed by atoms with Crippen molar-refractivity contribution in [3.05, 3.63) is 35.4 Å². The second kappa shape index (κ2) is 8.20. The van der Waals surface area contributed by atoms with Gasteiger partial charge in [0.2, 0.25) is 5.91 Å². The molecule has 0 bridgehead atoms. The van der Waals surface area contributed by atoms with Crippen LogP contribution in [0.15, 0.2) is 29.7 Å². The highest BCUT2D eigenvalue weighted by molar-refractivity contribution is 7.14. The van der Waals surface area contributed by atoms with Crippen LogP contribution in [0.25, 0.3) is 0 Å². The van der Waals surface area contributed by atoms with E-state index in [4.69, 9.17) is 4.74 Å². The minimum atomic E-state index is -0.321. The average Bonchev–Trinajstić information content (AvgIpc) is 2.77. The van der Waals surface area contributed by atoms with Crippen LogP contribution in [0.4, 0.5) is 5.13 Å². The Balaban J connectivity index is 2.50. The number of anilines is 1. The second-order valence-corrected chi connectivity index (χ2v) is 4.36. The molecule has 0 spiro atoms. The van der Waals surface area contributed by atoms with Gasteiger partial charge in [-0.15, -0.1) is 11.3 Å². The van der Waals surface area contributed by atoms with E-state index in [0.717, 1.165) is 0 Å². The zero-order valence-electron chi connectivity index (χ0n) is 10.9. The number of carbonyl (C=O) groups is 2. The molecule has 1 heterocycles. The maximum atomic E-state index is 11.5. The summed E-state index contributed by atoms with van der Waals surface area (Å²) in [6, 6.07) is 0. The van der Waals surface area contributed by atoms with Gasteiger partial charge in [0, 0.05) is 11.5 Å². The summed E-state index contributed by atoms with van der Waals surface area (Å²) in [4.78, 5) is 26.9. The van der Waals surface area contributed by atoms with Crippen LogP contribution in [0.5, 0.6) is 0 Å². The lowest BCUT2D eigenvalue weighted by molar-refractivity contribution is -0.142. The normalized spacial score (nSPS) is 11.1. The van der Waals surface area contributed by atoms with Crippen molar-refractivity contribution >= 4 is 28.3 Å². The van der Waals surface area contributed by atoms with Crippen molar-refractivity contribution in [2.45, 2.75) is 20.3 Å². The first kappa shape index (κ1) is 15.1. The Bertz CT molecular complexity index is 492. The molecular weight excluding hydrogens is 264 g/mol. The molecular formula is C13H16N2O3S. The first-order valence-electron chi connectivity index (χ1n) is 5.86. The van der Waals surface area contributed by atoms with E-state index in [2.05, 4.69) is 10.3 Å². The van der Waals surface area contributed by atoms with E-state index in [1.54, 1.807) is 24.5 Å². The number of carbonyl (C=O) groups excluding carboxylic acids is 2. The molecule has 1 N–H and O–H groups in total. The number of esters is 1. The number of nitrogens with zero attached hydrogens (tertiary/aromatic N) is 1. The van der Waals surface area contributed by atoms with Gasteiger partial charge in [0.05, 0.1) is 18.7 Å². The number of hydrogen-bond acceptors (Lipinski definition) is 5. The zero-order chi connectivity index (χ0) is 14.1. The lowest BCUT2D eigenvalue weighted by atomic mass is 10.3. The van der Waals surface area contributed by atoms with Crippen molar-refractivity contribution in [3.63, 3.8) is 0 Å². The van der Waals surface area contributed by atoms with Gasteiger partial charge in [-0.05, 0) is 13.8 Å². The van der Waals surface area contributed by atoms with Crippen molar-refractivity contribution in [1.82, 2.24) is 4.98 Å². The fourth-order valence-electron chi connectivity index (χ4n) is 1.21. The third-order valence-electron chi connectivity index (χ3n) is 1.96. The molecule has 0 saturated carbocycles. The van der Waals surface area contributed by atoms with Crippen LogP contribution in [0.2, 0.25) is 0 Å². The summed E-state index contributed by atoms with van der Waals surface area (Å²) in [6.45, 7) is 3.97. The molecule has 6 heteroatoms. The lowest BCUT2D eigenvalue weighted by Crippen LogP contribution is -2.09. The number of amides is 1. The molecule has 0 aliphatic heterocycles. The number of ether oxygens (including phenoxy) is 1. The van der Waals surface area contributed by atoms with Crippen LogP contribution in [0.3, 0.4) is 0 Å². The van der Waals surface area contributed by atoms with Crippen LogP contribution >= 0.6 is 11.3 Å². The molecule has 0 aromatic carbocycles. The molecule has 0 aliphatic carbocycles. The van der Waals surface area contributed by atoms with E-state index in [-0.39, 0.29) is 18.3 Å². The smallest absolute Gasteiger partial charge is 0.311 e. The summed E-state index contributed by atoms with van der Waals surface area (Å²) in [7, 11) is 0. The first-order valence-corrected chi connectivity index (χ1v) is 6.74. The molecule has 1 amide bonds. The third-order valence-corrected chi connectivity index (χ3v) is 2.77. The summed E-state index contributed by atoms with van der Waals surface area (Å²) < 4.78 is 4.82. The fraction of sp³-hybridized carbons (Fsp3) is 0.308. The Kier molecular flexibility index (Phi) is 6.52. The molecule has 0 fully saturated rings. The molecule has 1 rings (SSSR count). The van der Waals surface area contributed by atoms with Crippen molar-refractivity contribution in [2.75, 3.05) is 11.9 Å². The van der Waals surface area contributed by atoms with Crippen molar-refractivity contribution in [3.8, 4) is 0 Å². The predicted molar refractivity (Wildman–Crippen MR) is 75.0 cm³/mol. The zero-order valence-corrected chi connectivity index (χ0v) is 11.7. The van der Waals surface area contributed by atoms with Crippen molar-refractivity contribution < 1.29 is 14.3 Å². The number of nitrogens with one attached hydrogen (secondary N) is 1. The maximum Gasteiger partial charge on any atom is 0.311 e. The van der Waals surface area contributed by atoms with Gasteiger partial charge in [0.25, 0.3) is 0 Å². The van der Waals surface area contributed by atoms with Gasteiger partial charge in [-0.25, -0.2) is 4.98 Å². The standard InChI is InChI=1S/C13H16N2O3S/c1-3-5-6-7-11(16)15-13-14-10(9-19-13)8-12(17)18-4-2/h3,5-7,9H,4,8H2,1-2H3,(H,14,15,16)/b5-3+,7-6+. The fourth-order valence-corrected chi connectivity index (χ4v) is 1.92. The summed E-state index contributed by atoms with van der Waals surface area (Å²) in [5, 5.41) is 4.81. The largest absolute Gasteiger partial charge is 0.466 e. The Labute approximate surface area is 116 Å². The highest BCUT2D eigenvalue weighted by Gasteiger charge is 2.09. The molecule has 0 atom stereocenters. The van der Waals surface area contributed by atoms with E-state index >= 15 is 0 Å². The molecule has 1 aromatic rings. The van der Waals surface area contributed by atoms with Gasteiger partial charge in [0.15, 0.2) is 5.13 Å². The Morgan fingerprint density at radius 3 is 2.95 bits per heavy atom. The first-order chi connectivity index (χ1) is 9.15. The van der Waals surface area contributed by atoms with Gasteiger partial charge >= 0.3 is 5.97 Å². The molecule has 0 aliphatic rings. The van der Waals surface area contributed by atoms with E-state index in [9.17, 15) is 9.59 Å². The molecule has 0 unspecified atom stereocenters. The summed E-state index contributed by atoms with van der Waals surface area (Å²) in [5.41, 5.74) is 0.594. The number of thiazole rings is 1. The number of rotatable bonds is 6. The van der Waals surface area contributed by atoms with Crippen molar-refractivity contribution in [2.24, 2.45) is 0 Å². The molecule has 0 saturated heterocycles. The second-order valence-electron chi connectivity index (χ2n) is 3.50. The van der Waals surface area contributed by atoms with Gasteiger partial charge in [-0.2, -0.15) is 0 Å². The van der Waals surface area contributed by atoms with E-state index in [1.165, 1.54) is 17.4 Å². The van der Waals surface area contributed by atoms with Crippen LogP contribution in [-0.2, 0) is 20.7 Å². The van der Waals surface area contributed by atoms with E-state index in [0.29, 0.717) is 17.4 Å². The third kappa shape index (κ3) is 5.96. The maximum absolute atomic E-state index is 11.5. The van der Waals surface area contributed by atoms with Crippen LogP contribution in [0.1, 0.15) is 19.5 Å². The quantitative estimate of drug-likeness (QED) is 0.493. The van der Waals surface area contributed by atoms with Gasteiger partial charge in [0.1, 0.15) is 0 Å². The highest BCUT2D eigenvalue weighted by Crippen LogP contribution is 2.16. The summed E-state index contributed by atoms with van der Waals surface area (Å²) in [5.74, 6) is -0.575.